The van der Waals surface area contributed by atoms with E-state index in [1.807, 2.05) is 0 Å². The highest BCUT2D eigenvalue weighted by Gasteiger charge is 2.16. The van der Waals surface area contributed by atoms with Crippen molar-refractivity contribution in [1.82, 2.24) is 5.32 Å². The molecule has 2 rings (SSSR count). The molecule has 0 spiro atoms. The first-order valence-electron chi connectivity index (χ1n) is 6.10. The van der Waals surface area contributed by atoms with Crippen LogP contribution in [-0.4, -0.2) is 23.0 Å². The summed E-state index contributed by atoms with van der Waals surface area (Å²) in [4.78, 5) is 11.0. The number of rotatable bonds is 2. The third-order valence-corrected chi connectivity index (χ3v) is 4.21. The van der Waals surface area contributed by atoms with Crippen LogP contribution in [0, 0.1) is 27.7 Å². The minimum Gasteiger partial charge on any atom is -0.303 e. The number of nitrogens with zero attached hydrogens (tertiary/aromatic N) is 2. The lowest BCUT2D eigenvalue weighted by atomic mass is 9.95. The van der Waals surface area contributed by atoms with Crippen LogP contribution in [0.15, 0.2) is 16.3 Å². The number of amides is 1. The first kappa shape index (κ1) is 13.8. The lowest BCUT2D eigenvalue weighted by molar-refractivity contribution is -0.116. The third-order valence-electron chi connectivity index (χ3n) is 3.35. The first-order valence-corrected chi connectivity index (χ1v) is 7.08. The van der Waals surface area contributed by atoms with Gasteiger partial charge in [-0.2, -0.15) is 5.10 Å². The summed E-state index contributed by atoms with van der Waals surface area (Å²) in [6.45, 7) is 8.36. The first-order chi connectivity index (χ1) is 8.99. The van der Waals surface area contributed by atoms with Crippen molar-refractivity contribution < 1.29 is 4.79 Å². The lowest BCUT2D eigenvalue weighted by Gasteiger charge is -2.11. The van der Waals surface area contributed by atoms with E-state index in [0.717, 1.165) is 5.56 Å². The van der Waals surface area contributed by atoms with E-state index in [0.29, 0.717) is 10.9 Å². The molecule has 0 saturated carbocycles. The van der Waals surface area contributed by atoms with E-state index < -0.39 is 0 Å². The molecule has 1 aliphatic heterocycles. The van der Waals surface area contributed by atoms with Gasteiger partial charge < -0.3 is 5.32 Å². The molecule has 19 heavy (non-hydrogen) atoms. The highest BCUT2D eigenvalue weighted by molar-refractivity contribution is 8.15. The van der Waals surface area contributed by atoms with Crippen LogP contribution in [-0.2, 0) is 4.79 Å². The Balaban J connectivity index is 2.26. The Morgan fingerprint density at radius 2 is 1.84 bits per heavy atom. The quantitative estimate of drug-likeness (QED) is 0.666. The molecule has 1 amide bonds. The van der Waals surface area contributed by atoms with Gasteiger partial charge in [-0.1, -0.05) is 17.8 Å². The molecule has 1 saturated heterocycles. The van der Waals surface area contributed by atoms with Gasteiger partial charge in [0.15, 0.2) is 5.17 Å². The molecule has 0 atom stereocenters. The Bertz CT molecular complexity index is 565. The molecule has 1 aromatic rings. The maximum atomic E-state index is 11.0. The van der Waals surface area contributed by atoms with E-state index >= 15 is 0 Å². The zero-order valence-corrected chi connectivity index (χ0v) is 12.4. The number of carbonyl (C=O) groups excluding carboxylic acids is 1. The van der Waals surface area contributed by atoms with Crippen molar-refractivity contribution in [3.8, 4) is 0 Å². The topological polar surface area (TPSA) is 53.8 Å². The van der Waals surface area contributed by atoms with Gasteiger partial charge in [-0.3, -0.25) is 4.79 Å². The lowest BCUT2D eigenvalue weighted by Crippen LogP contribution is -2.19. The molecule has 1 fully saturated rings. The Morgan fingerprint density at radius 3 is 2.37 bits per heavy atom. The summed E-state index contributed by atoms with van der Waals surface area (Å²) in [5.41, 5.74) is 6.04. The van der Waals surface area contributed by atoms with Gasteiger partial charge in [-0.15, -0.1) is 5.10 Å². The number of hydrogen-bond donors (Lipinski definition) is 1. The Kier molecular flexibility index (Phi) is 4.04. The van der Waals surface area contributed by atoms with E-state index in [2.05, 4.69) is 49.3 Å². The molecule has 5 heteroatoms. The van der Waals surface area contributed by atoms with E-state index in [-0.39, 0.29) is 5.91 Å². The standard InChI is InChI=1S/C14H17N3OS/c1-8-5-9(2)11(4)12(10(8)3)6-15-17-14-16-13(18)7-19-14/h5-6H,7H2,1-4H3,(H,16,17,18). The van der Waals surface area contributed by atoms with Crippen LogP contribution < -0.4 is 5.32 Å². The van der Waals surface area contributed by atoms with Crippen LogP contribution >= 0.6 is 11.8 Å². The highest BCUT2D eigenvalue weighted by atomic mass is 32.2. The maximum absolute atomic E-state index is 11.0. The third kappa shape index (κ3) is 3.04. The number of amidine groups is 1. The summed E-state index contributed by atoms with van der Waals surface area (Å²) in [6.07, 6.45) is 1.77. The number of benzene rings is 1. The molecule has 4 nitrogen and oxygen atoms in total. The summed E-state index contributed by atoms with van der Waals surface area (Å²) >= 11 is 1.38. The predicted molar refractivity (Wildman–Crippen MR) is 81.0 cm³/mol. The van der Waals surface area contributed by atoms with Gasteiger partial charge in [-0.25, -0.2) is 0 Å². The van der Waals surface area contributed by atoms with Crippen molar-refractivity contribution in [1.29, 1.82) is 0 Å². The molecule has 1 aromatic carbocycles. The van der Waals surface area contributed by atoms with Crippen molar-refractivity contribution >= 4 is 29.1 Å². The number of nitrogens with one attached hydrogen (secondary N) is 1. The Hall–Kier alpha value is -1.62. The van der Waals surface area contributed by atoms with Crippen LogP contribution in [0.1, 0.15) is 27.8 Å². The van der Waals surface area contributed by atoms with Gasteiger partial charge in [0.1, 0.15) is 0 Å². The average molecular weight is 275 g/mol. The Labute approximate surface area is 117 Å². The number of thioether (sulfide) groups is 1. The summed E-state index contributed by atoms with van der Waals surface area (Å²) < 4.78 is 0. The SMILES string of the molecule is Cc1cc(C)c(C)c(C=NN=C2NC(=O)CS2)c1C. The van der Waals surface area contributed by atoms with Crippen LogP contribution in [0.25, 0.3) is 0 Å². The molecular weight excluding hydrogens is 258 g/mol. The average Bonchev–Trinajstić information content (AvgIpc) is 2.77. The monoisotopic (exact) mass is 275 g/mol. The molecule has 100 valence electrons. The maximum Gasteiger partial charge on any atom is 0.236 e. The molecular formula is C14H17N3OS. The molecule has 0 radical (unpaired) electrons. The van der Waals surface area contributed by atoms with Crippen molar-refractivity contribution in [2.75, 3.05) is 5.75 Å². The molecule has 1 N–H and O–H groups in total. The number of aryl methyl sites for hydroxylation is 2. The summed E-state index contributed by atoms with van der Waals surface area (Å²) in [7, 11) is 0. The molecule has 0 aliphatic carbocycles. The molecule has 1 heterocycles. The fourth-order valence-electron chi connectivity index (χ4n) is 1.96. The minimum absolute atomic E-state index is 0.0160. The summed E-state index contributed by atoms with van der Waals surface area (Å²) in [5, 5.41) is 11.3. The van der Waals surface area contributed by atoms with Crippen molar-refractivity contribution in [2.24, 2.45) is 10.2 Å². The normalized spacial score (nSPS) is 17.5. The van der Waals surface area contributed by atoms with Gasteiger partial charge >= 0.3 is 0 Å². The molecule has 0 unspecified atom stereocenters. The van der Waals surface area contributed by atoms with Gasteiger partial charge in [0.2, 0.25) is 5.91 Å². The summed E-state index contributed by atoms with van der Waals surface area (Å²) in [5.74, 6) is 0.411. The number of carbonyl (C=O) groups is 1. The van der Waals surface area contributed by atoms with E-state index in [1.165, 1.54) is 34.0 Å². The van der Waals surface area contributed by atoms with Crippen LogP contribution in [0.4, 0.5) is 0 Å². The van der Waals surface area contributed by atoms with Gasteiger partial charge in [0.25, 0.3) is 0 Å². The second-order valence-corrected chi connectivity index (χ2v) is 5.62. The van der Waals surface area contributed by atoms with Crippen molar-refractivity contribution in [2.45, 2.75) is 27.7 Å². The Morgan fingerprint density at radius 1 is 1.21 bits per heavy atom. The van der Waals surface area contributed by atoms with Gasteiger partial charge in [-0.05, 0) is 49.9 Å². The zero-order chi connectivity index (χ0) is 14.0. The van der Waals surface area contributed by atoms with Crippen LogP contribution in [0.3, 0.4) is 0 Å². The summed E-state index contributed by atoms with van der Waals surface area (Å²) in [6, 6.07) is 2.18. The van der Waals surface area contributed by atoms with Gasteiger partial charge in [0, 0.05) is 5.56 Å². The van der Waals surface area contributed by atoms with Crippen molar-refractivity contribution in [3.05, 3.63) is 33.9 Å². The van der Waals surface area contributed by atoms with Crippen molar-refractivity contribution in [3.63, 3.8) is 0 Å². The minimum atomic E-state index is -0.0160. The fourth-order valence-corrected chi connectivity index (χ4v) is 2.59. The second-order valence-electron chi connectivity index (χ2n) is 4.66. The van der Waals surface area contributed by atoms with Crippen LogP contribution in [0.5, 0.6) is 0 Å². The van der Waals surface area contributed by atoms with Gasteiger partial charge in [0.05, 0.1) is 12.0 Å². The van der Waals surface area contributed by atoms with E-state index in [9.17, 15) is 4.79 Å². The fraction of sp³-hybridized carbons (Fsp3) is 0.357. The second kappa shape index (κ2) is 5.57. The zero-order valence-electron chi connectivity index (χ0n) is 11.6. The molecule has 0 bridgehead atoms. The highest BCUT2D eigenvalue weighted by Crippen LogP contribution is 2.20. The smallest absolute Gasteiger partial charge is 0.236 e. The van der Waals surface area contributed by atoms with E-state index in [1.54, 1.807) is 6.21 Å². The van der Waals surface area contributed by atoms with E-state index in [4.69, 9.17) is 0 Å². The molecule has 1 aliphatic rings. The van der Waals surface area contributed by atoms with Crippen LogP contribution in [0.2, 0.25) is 0 Å². The largest absolute Gasteiger partial charge is 0.303 e. The number of hydrogen-bond acceptors (Lipinski definition) is 4. The predicted octanol–water partition coefficient (Wildman–Crippen LogP) is 2.47. The molecule has 0 aromatic heterocycles.